The molecule has 2 aromatic heterocycles. The van der Waals surface area contributed by atoms with E-state index in [4.69, 9.17) is 4.74 Å². The Morgan fingerprint density at radius 3 is 2.73 bits per heavy atom. The molecule has 3 heterocycles. The van der Waals surface area contributed by atoms with E-state index in [-0.39, 0.29) is 11.5 Å². The van der Waals surface area contributed by atoms with Crippen molar-refractivity contribution in [2.24, 2.45) is 5.92 Å². The monoisotopic (exact) mass is 491 g/mol. The molecule has 8 nitrogen and oxygen atoms in total. The highest BCUT2D eigenvalue weighted by Gasteiger charge is 2.25. The van der Waals surface area contributed by atoms with E-state index in [0.717, 1.165) is 27.6 Å². The fraction of sp³-hybridized carbons (Fsp3) is 0.450. The maximum absolute atomic E-state index is 11.7. The van der Waals surface area contributed by atoms with Gasteiger partial charge in [0, 0.05) is 37.9 Å². The van der Waals surface area contributed by atoms with Crippen LogP contribution in [-0.4, -0.2) is 57.9 Å². The van der Waals surface area contributed by atoms with Gasteiger partial charge in [0.2, 0.25) is 5.88 Å². The van der Waals surface area contributed by atoms with E-state index >= 15 is 0 Å². The summed E-state index contributed by atoms with van der Waals surface area (Å²) in [4.78, 5) is 6.53. The van der Waals surface area contributed by atoms with Gasteiger partial charge >= 0.3 is 0 Å². The van der Waals surface area contributed by atoms with Crippen LogP contribution in [0, 0.1) is 5.92 Å². The Kier molecular flexibility index (Phi) is 5.24. The van der Waals surface area contributed by atoms with E-state index in [9.17, 15) is 8.42 Å². The van der Waals surface area contributed by atoms with Crippen LogP contribution >= 0.6 is 15.9 Å². The Bertz CT molecular complexity index is 1180. The van der Waals surface area contributed by atoms with E-state index in [1.54, 1.807) is 6.20 Å². The van der Waals surface area contributed by atoms with Gasteiger partial charge in [-0.3, -0.25) is 4.90 Å². The highest BCUT2D eigenvalue weighted by atomic mass is 79.9. The van der Waals surface area contributed by atoms with Gasteiger partial charge in [0.05, 0.1) is 21.5 Å². The van der Waals surface area contributed by atoms with E-state index in [0.29, 0.717) is 37.2 Å². The van der Waals surface area contributed by atoms with Crippen LogP contribution in [0.1, 0.15) is 18.4 Å². The summed E-state index contributed by atoms with van der Waals surface area (Å²) in [6.07, 6.45) is 4.21. The molecule has 158 valence electrons. The number of sulfone groups is 1. The maximum atomic E-state index is 11.7. The van der Waals surface area contributed by atoms with Crippen molar-refractivity contribution in [2.45, 2.75) is 25.9 Å². The number of hydrogen-bond acceptors (Lipinski definition) is 7. The SMILES string of the molecule is O=S1(=O)CCN(Cc2cccnc2Oc2ccc3c(nnn3CC3CC3)c2Br)CC1. The summed E-state index contributed by atoms with van der Waals surface area (Å²) in [7, 11) is -2.90. The first-order chi connectivity index (χ1) is 14.5. The van der Waals surface area contributed by atoms with Crippen molar-refractivity contribution in [1.29, 1.82) is 0 Å². The third-order valence-electron chi connectivity index (χ3n) is 5.61. The molecule has 5 rings (SSSR count). The Balaban J connectivity index is 1.37. The Morgan fingerprint density at radius 1 is 1.17 bits per heavy atom. The molecule has 30 heavy (non-hydrogen) atoms. The van der Waals surface area contributed by atoms with Gasteiger partial charge < -0.3 is 4.74 Å². The first-order valence-electron chi connectivity index (χ1n) is 10.0. The van der Waals surface area contributed by atoms with Crippen LogP contribution in [0.3, 0.4) is 0 Å². The van der Waals surface area contributed by atoms with Gasteiger partial charge in [0.1, 0.15) is 11.3 Å². The zero-order valence-electron chi connectivity index (χ0n) is 16.4. The second-order valence-electron chi connectivity index (χ2n) is 7.96. The number of benzene rings is 1. The second-order valence-corrected chi connectivity index (χ2v) is 11.1. The topological polar surface area (TPSA) is 90.2 Å². The Morgan fingerprint density at radius 2 is 1.97 bits per heavy atom. The molecule has 1 saturated heterocycles. The van der Waals surface area contributed by atoms with E-state index in [1.165, 1.54) is 12.8 Å². The lowest BCUT2D eigenvalue weighted by Crippen LogP contribution is -2.39. The van der Waals surface area contributed by atoms with Gasteiger partial charge in [0.15, 0.2) is 9.84 Å². The van der Waals surface area contributed by atoms with Crippen molar-refractivity contribution in [3.8, 4) is 11.6 Å². The number of aromatic nitrogens is 4. The van der Waals surface area contributed by atoms with Gasteiger partial charge in [-0.05, 0) is 52.9 Å². The molecular weight excluding hydrogens is 470 g/mol. The largest absolute Gasteiger partial charge is 0.437 e. The zero-order valence-corrected chi connectivity index (χ0v) is 18.8. The van der Waals surface area contributed by atoms with Crippen molar-refractivity contribution in [1.82, 2.24) is 24.9 Å². The number of rotatable bonds is 6. The number of nitrogens with zero attached hydrogens (tertiary/aromatic N) is 5. The number of halogens is 1. The highest BCUT2D eigenvalue weighted by Crippen LogP contribution is 2.37. The predicted octanol–water partition coefficient (Wildman–Crippen LogP) is 3.02. The molecule has 1 saturated carbocycles. The second kappa shape index (κ2) is 7.90. The quantitative estimate of drug-likeness (QED) is 0.523. The minimum atomic E-state index is -2.90. The van der Waals surface area contributed by atoms with Crippen LogP contribution in [0.4, 0.5) is 0 Å². The summed E-state index contributed by atoms with van der Waals surface area (Å²) < 4.78 is 32.2. The van der Waals surface area contributed by atoms with Gasteiger partial charge in [0.25, 0.3) is 0 Å². The third kappa shape index (κ3) is 4.21. The molecular formula is C20H22BrN5O3S. The van der Waals surface area contributed by atoms with Crippen LogP contribution < -0.4 is 4.74 Å². The van der Waals surface area contributed by atoms with Crippen LogP contribution in [0.5, 0.6) is 11.6 Å². The number of pyridine rings is 1. The first kappa shape index (κ1) is 19.9. The standard InChI is InChI=1S/C20H22BrN5O3S/c21-18-17(6-5-16-19(18)23-24-26(16)12-14-3-4-14)29-20-15(2-1-7-22-20)13-25-8-10-30(27,28)11-9-25/h1-2,5-7,14H,3-4,8-13H2. The molecule has 0 spiro atoms. The average Bonchev–Trinajstić information content (AvgIpc) is 3.45. The fourth-order valence-corrected chi connectivity index (χ4v) is 5.41. The molecule has 1 aromatic carbocycles. The molecule has 10 heteroatoms. The van der Waals surface area contributed by atoms with Crippen molar-refractivity contribution in [3.05, 3.63) is 40.5 Å². The summed E-state index contributed by atoms with van der Waals surface area (Å²) >= 11 is 3.62. The van der Waals surface area contributed by atoms with Gasteiger partial charge in [-0.2, -0.15) is 0 Å². The molecule has 0 N–H and O–H groups in total. The van der Waals surface area contributed by atoms with Gasteiger partial charge in [-0.1, -0.05) is 11.3 Å². The first-order valence-corrected chi connectivity index (χ1v) is 12.7. The molecule has 0 amide bonds. The lowest BCUT2D eigenvalue weighted by atomic mass is 10.2. The van der Waals surface area contributed by atoms with Crippen LogP contribution in [0.2, 0.25) is 0 Å². The van der Waals surface area contributed by atoms with Crippen molar-refractivity contribution in [2.75, 3.05) is 24.6 Å². The summed E-state index contributed by atoms with van der Waals surface area (Å²) in [5, 5.41) is 8.63. The van der Waals surface area contributed by atoms with Crippen molar-refractivity contribution >= 4 is 36.8 Å². The van der Waals surface area contributed by atoms with Crippen LogP contribution in [-0.2, 0) is 22.9 Å². The van der Waals surface area contributed by atoms with Crippen LogP contribution in [0.15, 0.2) is 34.9 Å². The lowest BCUT2D eigenvalue weighted by molar-refractivity contribution is 0.282. The molecule has 1 aliphatic heterocycles. The zero-order chi connectivity index (χ0) is 20.7. The lowest BCUT2D eigenvalue weighted by Gasteiger charge is -2.26. The highest BCUT2D eigenvalue weighted by molar-refractivity contribution is 9.10. The Hall–Kier alpha value is -2.04. The molecule has 0 bridgehead atoms. The average molecular weight is 492 g/mol. The van der Waals surface area contributed by atoms with Gasteiger partial charge in [-0.15, -0.1) is 5.10 Å². The third-order valence-corrected chi connectivity index (χ3v) is 7.98. The van der Waals surface area contributed by atoms with E-state index in [1.807, 2.05) is 28.9 Å². The Labute approximate surface area is 183 Å². The number of fused-ring (bicyclic) bond motifs is 1. The predicted molar refractivity (Wildman–Crippen MR) is 116 cm³/mol. The molecule has 2 aliphatic rings. The summed E-state index contributed by atoms with van der Waals surface area (Å²) in [6.45, 7) is 2.54. The molecule has 0 unspecified atom stereocenters. The van der Waals surface area contributed by atoms with Crippen LogP contribution in [0.25, 0.3) is 11.0 Å². The molecule has 1 aliphatic carbocycles. The molecule has 0 atom stereocenters. The minimum absolute atomic E-state index is 0.197. The van der Waals surface area contributed by atoms with Crippen molar-refractivity contribution < 1.29 is 13.2 Å². The molecule has 0 radical (unpaired) electrons. The fourth-order valence-electron chi connectivity index (χ4n) is 3.63. The number of hydrogen-bond donors (Lipinski definition) is 0. The summed E-state index contributed by atoms with van der Waals surface area (Å²) in [5.41, 5.74) is 2.67. The smallest absolute Gasteiger partial charge is 0.223 e. The minimum Gasteiger partial charge on any atom is -0.437 e. The van der Waals surface area contributed by atoms with E-state index < -0.39 is 9.84 Å². The van der Waals surface area contributed by atoms with Crippen molar-refractivity contribution in [3.63, 3.8) is 0 Å². The summed E-state index contributed by atoms with van der Waals surface area (Å²) in [6, 6.07) is 7.72. The molecule has 2 fully saturated rings. The maximum Gasteiger partial charge on any atom is 0.223 e. The van der Waals surface area contributed by atoms with E-state index in [2.05, 4.69) is 36.1 Å². The molecule has 3 aromatic rings. The summed E-state index contributed by atoms with van der Waals surface area (Å²) in [5.74, 6) is 2.24. The normalized spacial score (nSPS) is 19.2. The van der Waals surface area contributed by atoms with Gasteiger partial charge in [-0.25, -0.2) is 18.1 Å². The number of ether oxygens (including phenoxy) is 1.